The highest BCUT2D eigenvalue weighted by Crippen LogP contribution is 2.15. The average molecular weight is 183 g/mol. The fourth-order valence-electron chi connectivity index (χ4n) is 0.927. The third-order valence-electron chi connectivity index (χ3n) is 1.60. The molecule has 0 fully saturated rings. The molecule has 1 nitrogen and oxygen atoms in total. The van der Waals surface area contributed by atoms with Crippen LogP contribution in [0.3, 0.4) is 0 Å². The smallest absolute Gasteiger partial charge is 0.181 e. The Balaban J connectivity index is 2.71. The highest BCUT2D eigenvalue weighted by Gasteiger charge is 2.05. The molecule has 0 bridgehead atoms. The number of anilines is 1. The predicted molar refractivity (Wildman–Crippen MR) is 49.7 cm³/mol. The van der Waals surface area contributed by atoms with Crippen molar-refractivity contribution in [2.45, 2.75) is 6.92 Å². The summed E-state index contributed by atoms with van der Waals surface area (Å²) in [4.78, 5) is 0. The van der Waals surface area contributed by atoms with Gasteiger partial charge in [0.25, 0.3) is 0 Å². The summed E-state index contributed by atoms with van der Waals surface area (Å²) in [6.07, 6.45) is 3.66. The summed E-state index contributed by atoms with van der Waals surface area (Å²) in [5.41, 5.74) is 0.193. The minimum atomic E-state index is -0.828. The van der Waals surface area contributed by atoms with Crippen LogP contribution in [0.4, 0.5) is 14.5 Å². The molecule has 1 rings (SSSR count). The second-order valence-electron chi connectivity index (χ2n) is 2.55. The number of rotatable bonds is 3. The molecule has 3 heteroatoms. The lowest BCUT2D eigenvalue weighted by Gasteiger charge is -2.04. The van der Waals surface area contributed by atoms with Crippen LogP contribution in [0.15, 0.2) is 30.4 Å². The lowest BCUT2D eigenvalue weighted by molar-refractivity contribution is 0.511. The largest absolute Gasteiger partial charge is 0.379 e. The van der Waals surface area contributed by atoms with E-state index in [0.29, 0.717) is 6.54 Å². The van der Waals surface area contributed by atoms with Gasteiger partial charge in [0.2, 0.25) is 0 Å². The predicted octanol–water partition coefficient (Wildman–Crippen LogP) is 2.95. The van der Waals surface area contributed by atoms with E-state index in [4.69, 9.17) is 0 Å². The minimum absolute atomic E-state index is 0.193. The molecule has 0 unspecified atom stereocenters. The molecule has 0 heterocycles. The van der Waals surface area contributed by atoms with Gasteiger partial charge in [-0.2, -0.15) is 0 Å². The third kappa shape index (κ3) is 2.54. The Morgan fingerprint density at radius 1 is 1.38 bits per heavy atom. The Kier molecular flexibility index (Phi) is 3.43. The van der Waals surface area contributed by atoms with Gasteiger partial charge in [-0.3, -0.25) is 0 Å². The van der Waals surface area contributed by atoms with Crippen LogP contribution in [0.1, 0.15) is 6.92 Å². The molecule has 1 aromatic carbocycles. The summed E-state index contributed by atoms with van der Waals surface area (Å²) in [7, 11) is 0. The number of hydrogen-bond donors (Lipinski definition) is 1. The van der Waals surface area contributed by atoms with Crippen LogP contribution in [0.2, 0.25) is 0 Å². The van der Waals surface area contributed by atoms with Crippen LogP contribution in [0.25, 0.3) is 0 Å². The molecule has 0 spiro atoms. The van der Waals surface area contributed by atoms with Crippen molar-refractivity contribution in [3.63, 3.8) is 0 Å². The van der Waals surface area contributed by atoms with Crippen LogP contribution in [0, 0.1) is 11.6 Å². The summed E-state index contributed by atoms with van der Waals surface area (Å²) < 4.78 is 25.6. The first-order valence-corrected chi connectivity index (χ1v) is 4.04. The molecular weight excluding hydrogens is 172 g/mol. The first kappa shape index (κ1) is 9.71. The van der Waals surface area contributed by atoms with Crippen molar-refractivity contribution in [2.75, 3.05) is 11.9 Å². The molecule has 0 saturated carbocycles. The lowest BCUT2D eigenvalue weighted by Crippen LogP contribution is -2.01. The molecular formula is C10H11F2N. The first-order chi connectivity index (χ1) is 6.25. The van der Waals surface area contributed by atoms with E-state index in [-0.39, 0.29) is 5.69 Å². The number of nitrogens with one attached hydrogen (secondary N) is 1. The molecule has 0 aliphatic carbocycles. The van der Waals surface area contributed by atoms with Crippen molar-refractivity contribution in [3.8, 4) is 0 Å². The van der Waals surface area contributed by atoms with Gasteiger partial charge in [0.05, 0.1) is 5.69 Å². The van der Waals surface area contributed by atoms with Crippen LogP contribution in [-0.4, -0.2) is 6.54 Å². The van der Waals surface area contributed by atoms with E-state index in [9.17, 15) is 8.78 Å². The monoisotopic (exact) mass is 183 g/mol. The SMILES string of the molecule is C/C=C/CNc1cccc(F)c1F. The minimum Gasteiger partial charge on any atom is -0.379 e. The number of allylic oxidation sites excluding steroid dienone is 1. The van der Waals surface area contributed by atoms with Gasteiger partial charge in [0.1, 0.15) is 0 Å². The summed E-state index contributed by atoms with van der Waals surface area (Å²) in [5, 5.41) is 2.75. The van der Waals surface area contributed by atoms with Crippen molar-refractivity contribution in [1.29, 1.82) is 0 Å². The topological polar surface area (TPSA) is 12.0 Å². The maximum atomic E-state index is 13.0. The fourth-order valence-corrected chi connectivity index (χ4v) is 0.927. The zero-order chi connectivity index (χ0) is 9.68. The van der Waals surface area contributed by atoms with E-state index in [1.165, 1.54) is 12.1 Å². The zero-order valence-electron chi connectivity index (χ0n) is 7.35. The van der Waals surface area contributed by atoms with Crippen LogP contribution >= 0.6 is 0 Å². The molecule has 0 amide bonds. The average Bonchev–Trinajstić information content (AvgIpc) is 2.13. The Morgan fingerprint density at radius 3 is 2.85 bits per heavy atom. The summed E-state index contributed by atoms with van der Waals surface area (Å²) in [5.74, 6) is -1.66. The van der Waals surface area contributed by atoms with E-state index in [1.54, 1.807) is 0 Å². The highest BCUT2D eigenvalue weighted by atomic mass is 19.2. The molecule has 1 aromatic rings. The van der Waals surface area contributed by atoms with E-state index < -0.39 is 11.6 Å². The van der Waals surface area contributed by atoms with E-state index in [2.05, 4.69) is 5.32 Å². The van der Waals surface area contributed by atoms with Gasteiger partial charge >= 0.3 is 0 Å². The normalized spacial score (nSPS) is 10.7. The Hall–Kier alpha value is -1.38. The van der Waals surface area contributed by atoms with Crippen LogP contribution < -0.4 is 5.32 Å². The Morgan fingerprint density at radius 2 is 2.15 bits per heavy atom. The molecule has 0 atom stereocenters. The number of halogens is 2. The maximum absolute atomic E-state index is 13.0. The molecule has 0 aliphatic rings. The van der Waals surface area contributed by atoms with Gasteiger partial charge in [0.15, 0.2) is 11.6 Å². The first-order valence-electron chi connectivity index (χ1n) is 4.04. The maximum Gasteiger partial charge on any atom is 0.181 e. The van der Waals surface area contributed by atoms with Gasteiger partial charge in [-0.25, -0.2) is 8.78 Å². The number of hydrogen-bond acceptors (Lipinski definition) is 1. The fraction of sp³-hybridized carbons (Fsp3) is 0.200. The lowest BCUT2D eigenvalue weighted by atomic mass is 10.3. The molecule has 0 radical (unpaired) electrons. The highest BCUT2D eigenvalue weighted by molar-refractivity contribution is 5.45. The second-order valence-corrected chi connectivity index (χ2v) is 2.55. The summed E-state index contributed by atoms with van der Waals surface area (Å²) in [6, 6.07) is 4.06. The molecule has 1 N–H and O–H groups in total. The van der Waals surface area contributed by atoms with E-state index in [1.807, 2.05) is 19.1 Å². The van der Waals surface area contributed by atoms with Crippen LogP contribution in [-0.2, 0) is 0 Å². The van der Waals surface area contributed by atoms with Crippen molar-refractivity contribution < 1.29 is 8.78 Å². The van der Waals surface area contributed by atoms with E-state index >= 15 is 0 Å². The molecule has 0 aliphatic heterocycles. The van der Waals surface area contributed by atoms with Crippen LogP contribution in [0.5, 0.6) is 0 Å². The molecule has 70 valence electrons. The van der Waals surface area contributed by atoms with Gasteiger partial charge in [-0.1, -0.05) is 18.2 Å². The number of benzene rings is 1. The zero-order valence-corrected chi connectivity index (χ0v) is 7.35. The second kappa shape index (κ2) is 4.60. The quantitative estimate of drug-likeness (QED) is 0.710. The van der Waals surface area contributed by atoms with Gasteiger partial charge in [-0.15, -0.1) is 0 Å². The van der Waals surface area contributed by atoms with Crippen molar-refractivity contribution >= 4 is 5.69 Å². The van der Waals surface area contributed by atoms with Crippen molar-refractivity contribution in [2.24, 2.45) is 0 Å². The van der Waals surface area contributed by atoms with Gasteiger partial charge in [-0.05, 0) is 19.1 Å². The molecule has 13 heavy (non-hydrogen) atoms. The van der Waals surface area contributed by atoms with E-state index in [0.717, 1.165) is 6.07 Å². The van der Waals surface area contributed by atoms with Crippen molar-refractivity contribution in [1.82, 2.24) is 0 Å². The standard InChI is InChI=1S/C10H11F2N/c1-2-3-7-13-9-6-4-5-8(11)10(9)12/h2-6,13H,7H2,1H3/b3-2+. The van der Waals surface area contributed by atoms with Gasteiger partial charge < -0.3 is 5.32 Å². The molecule has 0 aromatic heterocycles. The van der Waals surface area contributed by atoms with Crippen molar-refractivity contribution in [3.05, 3.63) is 42.0 Å². The Labute approximate surface area is 76.1 Å². The Bertz CT molecular complexity index is 308. The summed E-state index contributed by atoms with van der Waals surface area (Å²) in [6.45, 7) is 2.36. The molecule has 0 saturated heterocycles. The summed E-state index contributed by atoms with van der Waals surface area (Å²) >= 11 is 0. The third-order valence-corrected chi connectivity index (χ3v) is 1.60. The van der Waals surface area contributed by atoms with Gasteiger partial charge in [0, 0.05) is 6.54 Å².